The normalized spacial score (nSPS) is 16.5. The van der Waals surface area contributed by atoms with E-state index in [1.165, 1.54) is 6.07 Å². The highest BCUT2D eigenvalue weighted by molar-refractivity contribution is 5.94. The summed E-state index contributed by atoms with van der Waals surface area (Å²) in [6, 6.07) is 4.53. The molecule has 1 aliphatic rings. The number of amides is 1. The highest BCUT2D eigenvalue weighted by Gasteiger charge is 2.17. The van der Waals surface area contributed by atoms with Crippen LogP contribution in [0.4, 0.5) is 10.1 Å². The fraction of sp³-hybridized carbons (Fsp3) is 0.588. The molecule has 0 aliphatic carbocycles. The van der Waals surface area contributed by atoms with Gasteiger partial charge in [0.2, 0.25) is 0 Å². The zero-order chi connectivity index (χ0) is 16.8. The number of aliphatic hydroxyl groups excluding tert-OH is 1. The third-order valence-corrected chi connectivity index (χ3v) is 4.06. The number of carbonyl (C=O) groups excluding carboxylic acids is 1. The number of benzene rings is 1. The van der Waals surface area contributed by atoms with Crippen molar-refractivity contribution in [2.45, 2.75) is 26.4 Å². The van der Waals surface area contributed by atoms with Crippen molar-refractivity contribution in [3.8, 4) is 0 Å². The lowest BCUT2D eigenvalue weighted by Gasteiger charge is -2.29. The van der Waals surface area contributed by atoms with Crippen molar-refractivity contribution in [2.24, 2.45) is 5.92 Å². The predicted molar refractivity (Wildman–Crippen MR) is 87.2 cm³/mol. The van der Waals surface area contributed by atoms with Crippen LogP contribution in [0.3, 0.4) is 0 Å². The van der Waals surface area contributed by atoms with Crippen LogP contribution in [-0.4, -0.2) is 50.0 Å². The molecule has 1 aliphatic heterocycles. The molecule has 1 aromatic rings. The van der Waals surface area contributed by atoms with Gasteiger partial charge in [0.25, 0.3) is 5.91 Å². The first-order chi connectivity index (χ1) is 11.0. The van der Waals surface area contributed by atoms with Crippen molar-refractivity contribution in [3.63, 3.8) is 0 Å². The second-order valence-corrected chi connectivity index (χ2v) is 6.12. The third-order valence-electron chi connectivity index (χ3n) is 4.06. The summed E-state index contributed by atoms with van der Waals surface area (Å²) in [5.74, 6) is -0.577. The van der Waals surface area contributed by atoms with Crippen LogP contribution in [0.15, 0.2) is 18.2 Å². The average Bonchev–Trinajstić information content (AvgIpc) is 2.55. The van der Waals surface area contributed by atoms with Gasteiger partial charge in [-0.1, -0.05) is 13.8 Å². The molecule has 1 unspecified atom stereocenters. The first-order valence-corrected chi connectivity index (χ1v) is 8.07. The van der Waals surface area contributed by atoms with E-state index in [0.29, 0.717) is 50.5 Å². The van der Waals surface area contributed by atoms with Crippen LogP contribution < -0.4 is 10.2 Å². The maximum absolute atomic E-state index is 14.2. The van der Waals surface area contributed by atoms with Crippen molar-refractivity contribution < 1.29 is 19.0 Å². The number of nitrogens with one attached hydrogen (secondary N) is 1. The van der Waals surface area contributed by atoms with Gasteiger partial charge < -0.3 is 20.1 Å². The van der Waals surface area contributed by atoms with Gasteiger partial charge in [-0.25, -0.2) is 4.39 Å². The summed E-state index contributed by atoms with van der Waals surface area (Å²) in [6.45, 7) is 6.67. The molecule has 1 amide bonds. The van der Waals surface area contributed by atoms with Gasteiger partial charge in [0.15, 0.2) is 0 Å². The summed E-state index contributed by atoms with van der Waals surface area (Å²) in [6.07, 6.45) is 0.0355. The van der Waals surface area contributed by atoms with Crippen molar-refractivity contribution in [2.75, 3.05) is 37.7 Å². The van der Waals surface area contributed by atoms with E-state index in [4.69, 9.17) is 4.74 Å². The monoisotopic (exact) mass is 324 g/mol. The number of morpholine rings is 1. The molecule has 1 saturated heterocycles. The van der Waals surface area contributed by atoms with Crippen molar-refractivity contribution in [3.05, 3.63) is 29.6 Å². The number of rotatable bonds is 6. The third kappa shape index (κ3) is 4.91. The highest BCUT2D eigenvalue weighted by Crippen LogP contribution is 2.21. The number of nitrogens with zero attached hydrogens (tertiary/aromatic N) is 1. The summed E-state index contributed by atoms with van der Waals surface area (Å²) in [5, 5.41) is 12.4. The lowest BCUT2D eigenvalue weighted by atomic mass is 10.0. The topological polar surface area (TPSA) is 61.8 Å². The molecule has 0 aromatic heterocycles. The molecule has 0 saturated carbocycles. The van der Waals surface area contributed by atoms with Gasteiger partial charge in [0.1, 0.15) is 5.82 Å². The van der Waals surface area contributed by atoms with Crippen LogP contribution in [0, 0.1) is 11.7 Å². The van der Waals surface area contributed by atoms with E-state index in [9.17, 15) is 14.3 Å². The Kier molecular flexibility index (Phi) is 6.36. The van der Waals surface area contributed by atoms with E-state index in [-0.39, 0.29) is 11.8 Å². The summed E-state index contributed by atoms with van der Waals surface area (Å²) in [5.41, 5.74) is 0.790. The second-order valence-electron chi connectivity index (χ2n) is 6.12. The Morgan fingerprint density at radius 2 is 2.09 bits per heavy atom. The van der Waals surface area contributed by atoms with Crippen LogP contribution >= 0.6 is 0 Å². The Morgan fingerprint density at radius 3 is 2.70 bits per heavy atom. The Hall–Kier alpha value is -1.66. The Balaban J connectivity index is 1.92. The molecule has 2 rings (SSSR count). The fourth-order valence-electron chi connectivity index (χ4n) is 2.48. The van der Waals surface area contributed by atoms with Gasteiger partial charge in [0.05, 0.1) is 25.0 Å². The molecular formula is C17H25FN2O3. The molecule has 0 spiro atoms. The standard InChI is InChI=1S/C17H25FN2O3/c1-12(2)16(21)5-6-19-17(22)13-3-4-15(14(18)11-13)20-7-9-23-10-8-20/h3-4,11-12,16,21H,5-10H2,1-2H3,(H,19,22). The van der Waals surface area contributed by atoms with Gasteiger partial charge in [-0.3, -0.25) is 4.79 Å². The summed E-state index contributed by atoms with van der Waals surface area (Å²) < 4.78 is 19.5. The van der Waals surface area contributed by atoms with E-state index in [1.54, 1.807) is 12.1 Å². The SMILES string of the molecule is CC(C)C(O)CCNC(=O)c1ccc(N2CCOCC2)c(F)c1. The van der Waals surface area contributed by atoms with E-state index in [1.807, 2.05) is 18.7 Å². The minimum Gasteiger partial charge on any atom is -0.393 e. The molecular weight excluding hydrogens is 299 g/mol. The predicted octanol–water partition coefficient (Wildman–Crippen LogP) is 1.80. The number of hydrogen-bond acceptors (Lipinski definition) is 4. The first kappa shape index (κ1) is 17.7. The molecule has 6 heteroatoms. The second kappa shape index (κ2) is 8.26. The number of ether oxygens (including phenoxy) is 1. The Morgan fingerprint density at radius 1 is 1.39 bits per heavy atom. The Bertz CT molecular complexity index is 531. The smallest absolute Gasteiger partial charge is 0.251 e. The van der Waals surface area contributed by atoms with Gasteiger partial charge in [-0.15, -0.1) is 0 Å². The molecule has 128 valence electrons. The van der Waals surface area contributed by atoms with Crippen molar-refractivity contribution in [1.29, 1.82) is 0 Å². The van der Waals surface area contributed by atoms with Crippen LogP contribution in [0.2, 0.25) is 0 Å². The number of carbonyl (C=O) groups is 1. The van der Waals surface area contributed by atoms with Gasteiger partial charge in [-0.05, 0) is 30.5 Å². The van der Waals surface area contributed by atoms with E-state index in [2.05, 4.69) is 5.32 Å². The number of hydrogen-bond donors (Lipinski definition) is 2. The molecule has 1 fully saturated rings. The molecule has 1 aromatic carbocycles. The number of halogens is 1. The minimum atomic E-state index is -0.448. The van der Waals surface area contributed by atoms with E-state index < -0.39 is 11.9 Å². The van der Waals surface area contributed by atoms with Crippen LogP contribution in [0.25, 0.3) is 0 Å². The number of aliphatic hydroxyl groups is 1. The highest BCUT2D eigenvalue weighted by atomic mass is 19.1. The molecule has 1 atom stereocenters. The first-order valence-electron chi connectivity index (χ1n) is 8.07. The summed E-state index contributed by atoms with van der Waals surface area (Å²) in [7, 11) is 0. The molecule has 1 heterocycles. The van der Waals surface area contributed by atoms with Crippen molar-refractivity contribution >= 4 is 11.6 Å². The maximum atomic E-state index is 14.2. The maximum Gasteiger partial charge on any atom is 0.251 e. The minimum absolute atomic E-state index is 0.150. The summed E-state index contributed by atoms with van der Waals surface area (Å²) in [4.78, 5) is 14.0. The molecule has 2 N–H and O–H groups in total. The van der Waals surface area contributed by atoms with Gasteiger partial charge in [-0.2, -0.15) is 0 Å². The van der Waals surface area contributed by atoms with Crippen LogP contribution in [0.5, 0.6) is 0 Å². The Labute approximate surface area is 136 Å². The zero-order valence-corrected chi connectivity index (χ0v) is 13.7. The van der Waals surface area contributed by atoms with Gasteiger partial charge in [0, 0.05) is 25.2 Å². The van der Waals surface area contributed by atoms with Crippen LogP contribution in [-0.2, 0) is 4.74 Å². The lowest BCUT2D eigenvalue weighted by molar-refractivity contribution is 0.0919. The summed E-state index contributed by atoms with van der Waals surface area (Å²) >= 11 is 0. The van der Waals surface area contributed by atoms with E-state index >= 15 is 0 Å². The van der Waals surface area contributed by atoms with Crippen molar-refractivity contribution in [1.82, 2.24) is 5.32 Å². The molecule has 5 nitrogen and oxygen atoms in total. The quantitative estimate of drug-likeness (QED) is 0.838. The molecule has 0 bridgehead atoms. The number of anilines is 1. The fourth-order valence-corrected chi connectivity index (χ4v) is 2.48. The van der Waals surface area contributed by atoms with Crippen LogP contribution in [0.1, 0.15) is 30.6 Å². The van der Waals surface area contributed by atoms with Gasteiger partial charge >= 0.3 is 0 Å². The molecule has 0 radical (unpaired) electrons. The lowest BCUT2D eigenvalue weighted by Crippen LogP contribution is -2.36. The largest absolute Gasteiger partial charge is 0.393 e. The average molecular weight is 324 g/mol. The van der Waals surface area contributed by atoms with E-state index in [0.717, 1.165) is 0 Å². The zero-order valence-electron chi connectivity index (χ0n) is 13.7. The molecule has 23 heavy (non-hydrogen) atoms.